The lowest BCUT2D eigenvalue weighted by Gasteiger charge is -2.21. The molecule has 0 amide bonds. The molecule has 0 fully saturated rings. The SMILES string of the molecule is CC1(C)c2ccccc2-c2c(-c3cccc(-c4cccc5c6cc(-n7c8ccccc8c8ccccc87)ccc6n(-c6cccc(-c7nc(-c8ccccc8)nc(-c8ccc9c(c8)oc8ccccc89)n7)c6)c45)c3)cccc21. The molecule has 15 aromatic rings. The first kappa shape index (κ1) is 44.2. The topological polar surface area (TPSA) is 61.7 Å². The third-order valence-corrected chi connectivity index (χ3v) is 16.4. The Morgan fingerprint density at radius 2 is 0.859 bits per heavy atom. The normalized spacial score (nSPS) is 12.8. The summed E-state index contributed by atoms with van der Waals surface area (Å²) in [7, 11) is 0. The third-order valence-electron chi connectivity index (χ3n) is 16.4. The Morgan fingerprint density at radius 3 is 1.67 bits per heavy atom. The fourth-order valence-corrected chi connectivity index (χ4v) is 12.7. The molecule has 0 radical (unpaired) electrons. The summed E-state index contributed by atoms with van der Waals surface area (Å²) in [5, 5.41) is 6.91. The highest BCUT2D eigenvalue weighted by molar-refractivity contribution is 6.15. The predicted molar refractivity (Wildman–Crippen MR) is 321 cm³/mol. The van der Waals surface area contributed by atoms with E-state index in [9.17, 15) is 0 Å². The lowest BCUT2D eigenvalue weighted by Crippen LogP contribution is -2.14. The molecule has 1 aliphatic carbocycles. The largest absolute Gasteiger partial charge is 0.456 e. The molecular weight excluding hydrogens is 951 g/mol. The molecule has 366 valence electrons. The van der Waals surface area contributed by atoms with Gasteiger partial charge in [-0.05, 0) is 106 Å². The van der Waals surface area contributed by atoms with Crippen LogP contribution in [-0.2, 0) is 5.41 Å². The molecule has 16 rings (SSSR count). The molecule has 6 heteroatoms. The first-order chi connectivity index (χ1) is 38.4. The highest BCUT2D eigenvalue weighted by Gasteiger charge is 2.36. The summed E-state index contributed by atoms with van der Waals surface area (Å²) in [6.07, 6.45) is 0. The molecule has 0 atom stereocenters. The van der Waals surface area contributed by atoms with Gasteiger partial charge in [-0.25, -0.2) is 15.0 Å². The van der Waals surface area contributed by atoms with Gasteiger partial charge in [0.15, 0.2) is 17.5 Å². The van der Waals surface area contributed by atoms with Gasteiger partial charge in [0.1, 0.15) is 11.2 Å². The Hall–Kier alpha value is -10.2. The van der Waals surface area contributed by atoms with Crippen molar-refractivity contribution in [2.75, 3.05) is 0 Å². The highest BCUT2D eigenvalue weighted by atomic mass is 16.3. The maximum absolute atomic E-state index is 6.37. The number of para-hydroxylation sites is 4. The van der Waals surface area contributed by atoms with Crippen LogP contribution in [0.2, 0.25) is 0 Å². The van der Waals surface area contributed by atoms with E-state index in [1.165, 1.54) is 55.2 Å². The van der Waals surface area contributed by atoms with Gasteiger partial charge < -0.3 is 13.6 Å². The van der Waals surface area contributed by atoms with Gasteiger partial charge in [0, 0.05) is 71.4 Å². The van der Waals surface area contributed by atoms with Crippen LogP contribution in [0, 0.1) is 0 Å². The average molecular weight is 998 g/mol. The van der Waals surface area contributed by atoms with Gasteiger partial charge in [-0.1, -0.05) is 196 Å². The van der Waals surface area contributed by atoms with Gasteiger partial charge in [-0.15, -0.1) is 0 Å². The van der Waals surface area contributed by atoms with Crippen molar-refractivity contribution < 1.29 is 4.42 Å². The van der Waals surface area contributed by atoms with Crippen LogP contribution in [0.1, 0.15) is 25.0 Å². The highest BCUT2D eigenvalue weighted by Crippen LogP contribution is 2.52. The second-order valence-electron chi connectivity index (χ2n) is 21.1. The molecular formula is C72H47N5O. The Balaban J connectivity index is 0.911. The summed E-state index contributed by atoms with van der Waals surface area (Å²) in [4.78, 5) is 15.6. The van der Waals surface area contributed by atoms with Crippen LogP contribution in [0.15, 0.2) is 253 Å². The van der Waals surface area contributed by atoms with E-state index >= 15 is 0 Å². The first-order valence-electron chi connectivity index (χ1n) is 26.7. The monoisotopic (exact) mass is 997 g/mol. The zero-order valence-corrected chi connectivity index (χ0v) is 42.8. The molecule has 0 spiro atoms. The van der Waals surface area contributed by atoms with Crippen molar-refractivity contribution in [1.82, 2.24) is 24.1 Å². The van der Waals surface area contributed by atoms with Crippen molar-refractivity contribution in [2.45, 2.75) is 19.3 Å². The Kier molecular flexibility index (Phi) is 9.58. The maximum Gasteiger partial charge on any atom is 0.164 e. The lowest BCUT2D eigenvalue weighted by molar-refractivity contribution is 0.660. The number of aromatic nitrogens is 5. The van der Waals surface area contributed by atoms with Crippen molar-refractivity contribution in [1.29, 1.82) is 0 Å². The van der Waals surface area contributed by atoms with E-state index in [4.69, 9.17) is 19.4 Å². The summed E-state index contributed by atoms with van der Waals surface area (Å²) in [6, 6.07) is 89.3. The second-order valence-corrected chi connectivity index (χ2v) is 21.1. The van der Waals surface area contributed by atoms with Crippen molar-refractivity contribution in [3.8, 4) is 78.9 Å². The minimum atomic E-state index is -0.103. The molecule has 0 saturated heterocycles. The van der Waals surface area contributed by atoms with Gasteiger partial charge in [0.2, 0.25) is 0 Å². The number of fused-ring (bicyclic) bond motifs is 12. The maximum atomic E-state index is 6.37. The van der Waals surface area contributed by atoms with E-state index in [-0.39, 0.29) is 5.41 Å². The third kappa shape index (κ3) is 6.66. The van der Waals surface area contributed by atoms with Crippen LogP contribution in [0.4, 0.5) is 0 Å². The Labute approximate surface area is 449 Å². The van der Waals surface area contributed by atoms with Gasteiger partial charge in [-0.2, -0.15) is 0 Å². The molecule has 0 saturated carbocycles. The number of hydrogen-bond donors (Lipinski definition) is 0. The number of furan rings is 1. The molecule has 1 aliphatic rings. The van der Waals surface area contributed by atoms with E-state index in [1.807, 2.05) is 42.5 Å². The molecule has 0 aliphatic heterocycles. The minimum absolute atomic E-state index is 0.103. The van der Waals surface area contributed by atoms with E-state index in [0.717, 1.165) is 82.9 Å². The molecule has 6 nitrogen and oxygen atoms in total. The number of rotatable bonds is 7. The molecule has 0 bridgehead atoms. The summed E-state index contributed by atoms with van der Waals surface area (Å²) in [5.74, 6) is 1.74. The van der Waals surface area contributed by atoms with E-state index in [2.05, 4.69) is 229 Å². The summed E-state index contributed by atoms with van der Waals surface area (Å²) >= 11 is 0. The molecule has 11 aromatic carbocycles. The summed E-state index contributed by atoms with van der Waals surface area (Å²) in [6.45, 7) is 4.70. The van der Waals surface area contributed by atoms with Crippen molar-refractivity contribution in [3.05, 3.63) is 260 Å². The van der Waals surface area contributed by atoms with E-state index in [1.54, 1.807) is 0 Å². The summed E-state index contributed by atoms with van der Waals surface area (Å²) in [5.41, 5.74) is 20.9. The van der Waals surface area contributed by atoms with E-state index < -0.39 is 0 Å². The smallest absolute Gasteiger partial charge is 0.164 e. The quantitative estimate of drug-likeness (QED) is 0.160. The zero-order valence-electron chi connectivity index (χ0n) is 42.8. The standard InChI is InChI=1S/C72H47N5O/c1-72(2)60-31-10-6-27-58(60)67-51(28-17-32-61(67)72)45-20-14-21-46(40-45)52-29-16-30-57-59-43-50(76-62-33-11-7-24-53(62)54-25-8-12-34-63(54)76)37-39-64(59)77(68(52)57)49-23-15-22-47(41-49)70-73-69(44-18-4-3-5-19-44)74-71(75-70)48-36-38-56-55-26-9-13-35-65(55)78-66(56)42-48/h3-43H,1-2H3. The molecule has 0 N–H and O–H groups in total. The Morgan fingerprint density at radius 1 is 0.321 bits per heavy atom. The molecule has 0 unspecified atom stereocenters. The number of hydrogen-bond acceptors (Lipinski definition) is 4. The van der Waals surface area contributed by atoms with Gasteiger partial charge in [0.25, 0.3) is 0 Å². The van der Waals surface area contributed by atoms with Crippen LogP contribution < -0.4 is 0 Å². The second kappa shape index (κ2) is 16.9. The first-order valence-corrected chi connectivity index (χ1v) is 26.7. The van der Waals surface area contributed by atoms with Crippen LogP contribution in [0.25, 0.3) is 144 Å². The molecule has 4 heterocycles. The van der Waals surface area contributed by atoms with Crippen LogP contribution >= 0.6 is 0 Å². The fraction of sp³-hybridized carbons (Fsp3) is 0.0417. The lowest BCUT2D eigenvalue weighted by atomic mass is 9.82. The minimum Gasteiger partial charge on any atom is -0.456 e. The van der Waals surface area contributed by atoms with Crippen LogP contribution in [-0.4, -0.2) is 24.1 Å². The van der Waals surface area contributed by atoms with Gasteiger partial charge in [0.05, 0.1) is 22.1 Å². The van der Waals surface area contributed by atoms with Crippen LogP contribution in [0.5, 0.6) is 0 Å². The molecule has 4 aromatic heterocycles. The average Bonchev–Trinajstić information content (AvgIpc) is 4.43. The van der Waals surface area contributed by atoms with E-state index in [0.29, 0.717) is 17.5 Å². The van der Waals surface area contributed by atoms with Gasteiger partial charge in [-0.3, -0.25) is 0 Å². The zero-order chi connectivity index (χ0) is 51.6. The van der Waals surface area contributed by atoms with Crippen LogP contribution in [0.3, 0.4) is 0 Å². The summed E-state index contributed by atoms with van der Waals surface area (Å²) < 4.78 is 11.2. The predicted octanol–water partition coefficient (Wildman–Crippen LogP) is 18.6. The molecule has 78 heavy (non-hydrogen) atoms. The van der Waals surface area contributed by atoms with Crippen molar-refractivity contribution in [3.63, 3.8) is 0 Å². The fourth-order valence-electron chi connectivity index (χ4n) is 12.7. The van der Waals surface area contributed by atoms with Crippen molar-refractivity contribution >= 4 is 65.6 Å². The number of benzene rings is 11. The van der Waals surface area contributed by atoms with Gasteiger partial charge >= 0.3 is 0 Å². The van der Waals surface area contributed by atoms with Crippen molar-refractivity contribution in [2.24, 2.45) is 0 Å². The Bertz CT molecular complexity index is 4910. The number of nitrogens with zero attached hydrogens (tertiary/aromatic N) is 5.